The van der Waals surface area contributed by atoms with E-state index in [1.54, 1.807) is 4.90 Å². The largest absolute Gasteiger partial charge is 0.360 e. The van der Waals surface area contributed by atoms with Crippen molar-refractivity contribution >= 4 is 5.69 Å². The molecule has 0 amide bonds. The molecule has 3 rings (SSSR count). The van der Waals surface area contributed by atoms with E-state index in [2.05, 4.69) is 68.1 Å². The summed E-state index contributed by atoms with van der Waals surface area (Å²) in [4.78, 5) is 4.26. The van der Waals surface area contributed by atoms with Crippen LogP contribution in [0.25, 0.3) is 0 Å². The average Bonchev–Trinajstić information content (AvgIpc) is 2.51. The van der Waals surface area contributed by atoms with E-state index < -0.39 is 0 Å². The normalized spacial score (nSPS) is 16.0. The summed E-state index contributed by atoms with van der Waals surface area (Å²) in [6, 6.07) is 15.7. The second-order valence-electron chi connectivity index (χ2n) is 6.69. The molecule has 0 atom stereocenters. The fourth-order valence-electron chi connectivity index (χ4n) is 3.41. The maximum Gasteiger partial charge on any atom is 0.103 e. The van der Waals surface area contributed by atoms with E-state index >= 15 is 0 Å². The van der Waals surface area contributed by atoms with Gasteiger partial charge in [0.1, 0.15) is 6.54 Å². The molecule has 0 bridgehead atoms. The number of anilines is 1. The van der Waals surface area contributed by atoms with Crippen molar-refractivity contribution in [3.63, 3.8) is 0 Å². The highest BCUT2D eigenvalue weighted by Gasteiger charge is 2.21. The molecule has 0 saturated carbocycles. The third-order valence-electron chi connectivity index (χ3n) is 4.71. The standard InChI is InChI=1S/C20H26N2/c1-16-5-4-6-19(13-16)15-21-9-11-22(12-10-21)20-14-17(2)7-8-18(20)3/h4-8,13-14H,9-12,15H2,1-3H3/p+1. The summed E-state index contributed by atoms with van der Waals surface area (Å²) < 4.78 is 0. The van der Waals surface area contributed by atoms with Gasteiger partial charge in [0, 0.05) is 11.3 Å². The van der Waals surface area contributed by atoms with Crippen LogP contribution in [0.5, 0.6) is 0 Å². The zero-order valence-electron chi connectivity index (χ0n) is 14.0. The molecule has 0 unspecified atom stereocenters. The summed E-state index contributed by atoms with van der Waals surface area (Å²) in [6.45, 7) is 12.5. The van der Waals surface area contributed by atoms with Gasteiger partial charge in [-0.05, 0) is 38.0 Å². The van der Waals surface area contributed by atoms with Crippen molar-refractivity contribution < 1.29 is 4.90 Å². The molecule has 116 valence electrons. The van der Waals surface area contributed by atoms with Gasteiger partial charge in [-0.2, -0.15) is 0 Å². The van der Waals surface area contributed by atoms with Crippen LogP contribution in [0.3, 0.4) is 0 Å². The van der Waals surface area contributed by atoms with Crippen molar-refractivity contribution in [2.75, 3.05) is 31.1 Å². The lowest BCUT2D eigenvalue weighted by atomic mass is 10.1. The summed E-state index contributed by atoms with van der Waals surface area (Å²) in [5.74, 6) is 0. The predicted octanol–water partition coefficient (Wildman–Crippen LogP) is 2.52. The van der Waals surface area contributed by atoms with Crippen molar-refractivity contribution in [3.8, 4) is 0 Å². The summed E-state index contributed by atoms with van der Waals surface area (Å²) >= 11 is 0. The lowest BCUT2D eigenvalue weighted by Gasteiger charge is -2.34. The summed E-state index contributed by atoms with van der Waals surface area (Å²) in [6.07, 6.45) is 0. The molecule has 1 aliphatic rings. The molecule has 2 aromatic carbocycles. The molecule has 1 aliphatic heterocycles. The maximum atomic E-state index is 2.56. The van der Waals surface area contributed by atoms with E-state index in [1.807, 2.05) is 0 Å². The molecule has 0 spiro atoms. The minimum absolute atomic E-state index is 1.16. The number of quaternary nitrogens is 1. The van der Waals surface area contributed by atoms with Gasteiger partial charge in [-0.15, -0.1) is 0 Å². The number of hydrogen-bond acceptors (Lipinski definition) is 1. The summed E-state index contributed by atoms with van der Waals surface area (Å²) in [5, 5.41) is 0. The van der Waals surface area contributed by atoms with Gasteiger partial charge in [-0.1, -0.05) is 42.0 Å². The maximum absolute atomic E-state index is 2.56. The SMILES string of the molecule is Cc1cccc(C[NH+]2CCN(c3cc(C)ccc3C)CC2)c1. The Kier molecular flexibility index (Phi) is 4.49. The quantitative estimate of drug-likeness (QED) is 0.914. The van der Waals surface area contributed by atoms with E-state index in [9.17, 15) is 0 Å². The Morgan fingerprint density at radius 2 is 1.64 bits per heavy atom. The molecule has 0 aromatic heterocycles. The van der Waals surface area contributed by atoms with E-state index in [4.69, 9.17) is 0 Å². The second kappa shape index (κ2) is 6.53. The van der Waals surface area contributed by atoms with Gasteiger partial charge in [0.05, 0.1) is 26.2 Å². The van der Waals surface area contributed by atoms with Gasteiger partial charge in [0.25, 0.3) is 0 Å². The van der Waals surface area contributed by atoms with Crippen molar-refractivity contribution in [2.45, 2.75) is 27.3 Å². The van der Waals surface area contributed by atoms with E-state index in [0.29, 0.717) is 0 Å². The highest BCUT2D eigenvalue weighted by atomic mass is 15.3. The van der Waals surface area contributed by atoms with Gasteiger partial charge in [-0.25, -0.2) is 0 Å². The molecule has 1 saturated heterocycles. The highest BCUT2D eigenvalue weighted by Crippen LogP contribution is 2.21. The Morgan fingerprint density at radius 3 is 2.36 bits per heavy atom. The van der Waals surface area contributed by atoms with Gasteiger partial charge >= 0.3 is 0 Å². The van der Waals surface area contributed by atoms with Crippen LogP contribution in [0.2, 0.25) is 0 Å². The van der Waals surface area contributed by atoms with Crippen LogP contribution in [0.4, 0.5) is 5.69 Å². The van der Waals surface area contributed by atoms with E-state index in [1.165, 1.54) is 41.0 Å². The third kappa shape index (κ3) is 3.50. The zero-order valence-corrected chi connectivity index (χ0v) is 14.0. The fraction of sp³-hybridized carbons (Fsp3) is 0.400. The van der Waals surface area contributed by atoms with E-state index in [0.717, 1.165) is 19.6 Å². The van der Waals surface area contributed by atoms with Crippen LogP contribution in [-0.2, 0) is 6.54 Å². The minimum Gasteiger partial charge on any atom is -0.360 e. The monoisotopic (exact) mass is 295 g/mol. The van der Waals surface area contributed by atoms with E-state index in [-0.39, 0.29) is 0 Å². The highest BCUT2D eigenvalue weighted by molar-refractivity contribution is 5.55. The Hall–Kier alpha value is -1.80. The van der Waals surface area contributed by atoms with Crippen molar-refractivity contribution in [1.82, 2.24) is 0 Å². The lowest BCUT2D eigenvalue weighted by molar-refractivity contribution is -0.914. The Balaban J connectivity index is 1.61. The second-order valence-corrected chi connectivity index (χ2v) is 6.69. The van der Waals surface area contributed by atoms with Gasteiger partial charge in [0.15, 0.2) is 0 Å². The smallest absolute Gasteiger partial charge is 0.103 e. The predicted molar refractivity (Wildman–Crippen MR) is 93.7 cm³/mol. The molecular weight excluding hydrogens is 268 g/mol. The number of benzene rings is 2. The molecule has 1 N–H and O–H groups in total. The first-order valence-corrected chi connectivity index (χ1v) is 8.33. The van der Waals surface area contributed by atoms with Crippen molar-refractivity contribution in [2.24, 2.45) is 0 Å². The van der Waals surface area contributed by atoms with Crippen LogP contribution in [0.1, 0.15) is 22.3 Å². The molecular formula is C20H27N2+. The van der Waals surface area contributed by atoms with Crippen molar-refractivity contribution in [1.29, 1.82) is 0 Å². The van der Waals surface area contributed by atoms with Crippen LogP contribution in [0.15, 0.2) is 42.5 Å². The van der Waals surface area contributed by atoms with Crippen LogP contribution in [-0.4, -0.2) is 26.2 Å². The molecule has 2 nitrogen and oxygen atoms in total. The summed E-state index contributed by atoms with van der Waals surface area (Å²) in [7, 11) is 0. The molecule has 2 heteroatoms. The molecule has 1 heterocycles. The number of nitrogens with zero attached hydrogens (tertiary/aromatic N) is 1. The Bertz CT molecular complexity index is 640. The first-order chi connectivity index (χ1) is 10.6. The van der Waals surface area contributed by atoms with Crippen molar-refractivity contribution in [3.05, 3.63) is 64.7 Å². The Morgan fingerprint density at radius 1 is 0.909 bits per heavy atom. The number of aryl methyl sites for hydroxylation is 3. The fourth-order valence-corrected chi connectivity index (χ4v) is 3.41. The molecule has 22 heavy (non-hydrogen) atoms. The number of rotatable bonds is 3. The van der Waals surface area contributed by atoms with Crippen LogP contribution in [0, 0.1) is 20.8 Å². The first kappa shape index (κ1) is 15.1. The third-order valence-corrected chi connectivity index (χ3v) is 4.71. The molecule has 2 aromatic rings. The van der Waals surface area contributed by atoms with Gasteiger partial charge in [-0.3, -0.25) is 0 Å². The summed E-state index contributed by atoms with van der Waals surface area (Å²) in [5.41, 5.74) is 7.01. The first-order valence-electron chi connectivity index (χ1n) is 8.33. The number of nitrogens with one attached hydrogen (secondary N) is 1. The van der Waals surface area contributed by atoms with Crippen LogP contribution < -0.4 is 9.80 Å². The van der Waals surface area contributed by atoms with Crippen LogP contribution >= 0.6 is 0 Å². The topological polar surface area (TPSA) is 7.68 Å². The molecule has 0 aliphatic carbocycles. The molecule has 0 radical (unpaired) electrons. The number of piperazine rings is 1. The Labute approximate surface area is 134 Å². The zero-order chi connectivity index (χ0) is 15.5. The molecule has 1 fully saturated rings. The lowest BCUT2D eigenvalue weighted by Crippen LogP contribution is -3.13. The average molecular weight is 295 g/mol. The minimum atomic E-state index is 1.16. The number of hydrogen-bond donors (Lipinski definition) is 1. The van der Waals surface area contributed by atoms with Gasteiger partial charge < -0.3 is 9.80 Å². The van der Waals surface area contributed by atoms with Gasteiger partial charge in [0.2, 0.25) is 0 Å².